The van der Waals surface area contributed by atoms with Crippen LogP contribution in [0.1, 0.15) is 15.9 Å². The Bertz CT molecular complexity index is 595. The Labute approximate surface area is 113 Å². The summed E-state index contributed by atoms with van der Waals surface area (Å²) in [6, 6.07) is 17.9. The third-order valence-electron chi connectivity index (χ3n) is 3.43. The molecule has 0 bridgehead atoms. The molecule has 0 radical (unpaired) electrons. The number of hydrogen-bond acceptors (Lipinski definition) is 2. The molecule has 0 unspecified atom stereocenters. The van der Waals surface area contributed by atoms with E-state index in [0.717, 1.165) is 16.8 Å². The molecule has 0 aliphatic carbocycles. The van der Waals surface area contributed by atoms with Crippen LogP contribution in [0.15, 0.2) is 54.6 Å². The van der Waals surface area contributed by atoms with Crippen LogP contribution in [0.25, 0.3) is 0 Å². The Morgan fingerprint density at radius 2 is 1.68 bits per heavy atom. The van der Waals surface area contributed by atoms with Crippen LogP contribution in [-0.4, -0.2) is 24.5 Å². The van der Waals surface area contributed by atoms with Gasteiger partial charge in [-0.3, -0.25) is 4.79 Å². The van der Waals surface area contributed by atoms with E-state index in [4.69, 9.17) is 0 Å². The highest BCUT2D eigenvalue weighted by Gasteiger charge is 2.26. The largest absolute Gasteiger partial charge is 0.356 e. The molecule has 1 heterocycles. The summed E-state index contributed by atoms with van der Waals surface area (Å²) in [5, 5.41) is 0. The average molecular weight is 252 g/mol. The maximum Gasteiger partial charge on any atom is 0.257 e. The van der Waals surface area contributed by atoms with Gasteiger partial charge in [0.2, 0.25) is 0 Å². The van der Waals surface area contributed by atoms with Gasteiger partial charge >= 0.3 is 0 Å². The molecule has 3 rings (SSSR count). The molecule has 0 N–H and O–H groups in total. The summed E-state index contributed by atoms with van der Waals surface area (Å²) in [7, 11) is 2.02. The second-order valence-corrected chi connectivity index (χ2v) is 4.85. The monoisotopic (exact) mass is 252 g/mol. The molecular weight excluding hydrogens is 236 g/mol. The molecule has 2 aromatic carbocycles. The first-order valence-electron chi connectivity index (χ1n) is 6.39. The van der Waals surface area contributed by atoms with Crippen molar-refractivity contribution in [2.45, 2.75) is 6.54 Å². The van der Waals surface area contributed by atoms with Gasteiger partial charge in [-0.2, -0.15) is 0 Å². The van der Waals surface area contributed by atoms with E-state index in [1.54, 1.807) is 0 Å². The van der Waals surface area contributed by atoms with Gasteiger partial charge in [-0.15, -0.1) is 0 Å². The number of para-hydroxylation sites is 1. The Kier molecular flexibility index (Phi) is 2.95. The van der Waals surface area contributed by atoms with Crippen LogP contribution in [0.5, 0.6) is 0 Å². The predicted octanol–water partition coefficient (Wildman–Crippen LogP) is 2.74. The molecule has 2 aromatic rings. The number of hydrogen-bond donors (Lipinski definition) is 0. The first-order valence-corrected chi connectivity index (χ1v) is 6.39. The number of fused-ring (bicyclic) bond motifs is 1. The molecule has 1 aliphatic rings. The Hall–Kier alpha value is -2.29. The van der Waals surface area contributed by atoms with E-state index in [2.05, 4.69) is 4.90 Å². The number of benzene rings is 2. The number of carbonyl (C=O) groups is 1. The minimum absolute atomic E-state index is 0.109. The molecule has 19 heavy (non-hydrogen) atoms. The van der Waals surface area contributed by atoms with Crippen molar-refractivity contribution < 1.29 is 4.79 Å². The maximum atomic E-state index is 12.5. The molecule has 0 saturated heterocycles. The highest BCUT2D eigenvalue weighted by molar-refractivity contribution is 6.01. The first-order chi connectivity index (χ1) is 9.25. The summed E-state index contributed by atoms with van der Waals surface area (Å²) in [6.07, 6.45) is 0. The molecule has 0 fully saturated rings. The van der Waals surface area contributed by atoms with Crippen molar-refractivity contribution in [3.63, 3.8) is 0 Å². The van der Waals surface area contributed by atoms with Crippen LogP contribution in [-0.2, 0) is 6.54 Å². The van der Waals surface area contributed by atoms with Crippen molar-refractivity contribution in [3.8, 4) is 0 Å². The lowest BCUT2D eigenvalue weighted by Gasteiger charge is -2.35. The van der Waals surface area contributed by atoms with E-state index >= 15 is 0 Å². The maximum absolute atomic E-state index is 12.5. The molecule has 1 amide bonds. The minimum Gasteiger partial charge on any atom is -0.356 e. The summed E-state index contributed by atoms with van der Waals surface area (Å²) in [4.78, 5) is 16.4. The molecule has 1 aliphatic heterocycles. The van der Waals surface area contributed by atoms with Crippen LogP contribution in [0.3, 0.4) is 0 Å². The van der Waals surface area contributed by atoms with Crippen molar-refractivity contribution in [1.29, 1.82) is 0 Å². The van der Waals surface area contributed by atoms with E-state index < -0.39 is 0 Å². The fraction of sp³-hybridized carbons (Fsp3) is 0.188. The topological polar surface area (TPSA) is 23.6 Å². The molecule has 3 heteroatoms. The summed E-state index contributed by atoms with van der Waals surface area (Å²) in [6.45, 7) is 1.28. The van der Waals surface area contributed by atoms with Gasteiger partial charge in [0.1, 0.15) is 0 Å². The number of anilines is 1. The highest BCUT2D eigenvalue weighted by atomic mass is 16.2. The van der Waals surface area contributed by atoms with Gasteiger partial charge in [0.05, 0.1) is 17.9 Å². The van der Waals surface area contributed by atoms with Gasteiger partial charge in [-0.25, -0.2) is 0 Å². The van der Waals surface area contributed by atoms with Crippen LogP contribution >= 0.6 is 0 Å². The van der Waals surface area contributed by atoms with Gasteiger partial charge < -0.3 is 9.80 Å². The van der Waals surface area contributed by atoms with Crippen molar-refractivity contribution in [1.82, 2.24) is 4.90 Å². The summed E-state index contributed by atoms with van der Waals surface area (Å²) in [5.41, 5.74) is 2.95. The second-order valence-electron chi connectivity index (χ2n) is 4.85. The molecular formula is C16H16N2O. The van der Waals surface area contributed by atoms with Crippen LogP contribution in [0.2, 0.25) is 0 Å². The number of amides is 1. The van der Waals surface area contributed by atoms with E-state index in [9.17, 15) is 4.79 Å². The Morgan fingerprint density at radius 3 is 2.47 bits per heavy atom. The van der Waals surface area contributed by atoms with Crippen LogP contribution in [0.4, 0.5) is 5.69 Å². The van der Waals surface area contributed by atoms with Crippen molar-refractivity contribution in [2.24, 2.45) is 0 Å². The lowest BCUT2D eigenvalue weighted by atomic mass is 10.1. The Balaban J connectivity index is 1.88. The molecule has 0 spiro atoms. The predicted molar refractivity (Wildman–Crippen MR) is 76.0 cm³/mol. The highest BCUT2D eigenvalue weighted by Crippen LogP contribution is 2.26. The zero-order chi connectivity index (χ0) is 13.2. The molecule has 3 nitrogen and oxygen atoms in total. The van der Waals surface area contributed by atoms with E-state index in [0.29, 0.717) is 13.2 Å². The quantitative estimate of drug-likeness (QED) is 0.820. The van der Waals surface area contributed by atoms with Crippen molar-refractivity contribution in [2.75, 3.05) is 18.6 Å². The third-order valence-corrected chi connectivity index (χ3v) is 3.43. The number of carbonyl (C=O) groups excluding carboxylic acids is 1. The average Bonchev–Trinajstić information content (AvgIpc) is 2.46. The summed E-state index contributed by atoms with van der Waals surface area (Å²) >= 11 is 0. The minimum atomic E-state index is 0.109. The standard InChI is InChI=1S/C16H16N2O/c1-17-12-18(11-13-7-3-2-4-8-13)16(19)14-9-5-6-10-15(14)17/h2-10H,11-12H2,1H3. The SMILES string of the molecule is CN1CN(Cc2ccccc2)C(=O)c2ccccc21. The van der Waals surface area contributed by atoms with E-state index in [1.807, 2.05) is 66.5 Å². The second kappa shape index (κ2) is 4.76. The van der Waals surface area contributed by atoms with E-state index in [-0.39, 0.29) is 5.91 Å². The number of rotatable bonds is 2. The fourth-order valence-corrected chi connectivity index (χ4v) is 2.48. The third kappa shape index (κ3) is 2.19. The molecule has 96 valence electrons. The summed E-state index contributed by atoms with van der Waals surface area (Å²) in [5.74, 6) is 0.109. The number of nitrogens with zero attached hydrogens (tertiary/aromatic N) is 2. The van der Waals surface area contributed by atoms with Crippen molar-refractivity contribution in [3.05, 3.63) is 65.7 Å². The Morgan fingerprint density at radius 1 is 1.00 bits per heavy atom. The van der Waals surface area contributed by atoms with Crippen LogP contribution in [0, 0.1) is 0 Å². The fourth-order valence-electron chi connectivity index (χ4n) is 2.48. The zero-order valence-electron chi connectivity index (χ0n) is 10.9. The van der Waals surface area contributed by atoms with Gasteiger partial charge in [-0.05, 0) is 17.7 Å². The van der Waals surface area contributed by atoms with Gasteiger partial charge in [0.25, 0.3) is 5.91 Å². The summed E-state index contributed by atoms with van der Waals surface area (Å²) < 4.78 is 0. The lowest BCUT2D eigenvalue weighted by molar-refractivity contribution is 0.0731. The zero-order valence-corrected chi connectivity index (χ0v) is 10.9. The van der Waals surface area contributed by atoms with Gasteiger partial charge in [0, 0.05) is 13.6 Å². The van der Waals surface area contributed by atoms with Crippen molar-refractivity contribution >= 4 is 11.6 Å². The van der Waals surface area contributed by atoms with Crippen LogP contribution < -0.4 is 4.90 Å². The smallest absolute Gasteiger partial charge is 0.257 e. The molecule has 0 saturated carbocycles. The molecule has 0 atom stereocenters. The normalized spacial score (nSPS) is 14.5. The molecule has 0 aromatic heterocycles. The van der Waals surface area contributed by atoms with E-state index in [1.165, 1.54) is 0 Å². The lowest BCUT2D eigenvalue weighted by Crippen LogP contribution is -2.44. The van der Waals surface area contributed by atoms with Gasteiger partial charge in [0.15, 0.2) is 0 Å². The first kappa shape index (κ1) is 11.8. The van der Waals surface area contributed by atoms with Gasteiger partial charge in [-0.1, -0.05) is 42.5 Å².